The van der Waals surface area contributed by atoms with E-state index in [0.29, 0.717) is 31.4 Å². The first kappa shape index (κ1) is 31.6. The summed E-state index contributed by atoms with van der Waals surface area (Å²) < 4.78 is 11.5. The van der Waals surface area contributed by atoms with E-state index in [-0.39, 0.29) is 17.7 Å². The van der Waals surface area contributed by atoms with Crippen LogP contribution in [0.3, 0.4) is 0 Å². The SMILES string of the molecule is CC(C)C[C@H](NC(=O)c1ccc2c(c1)Nc1ccccc1S2)C(=O)N[C@H]1CCOC1OC(=O)[C@H](Cc1ccccc1)N(C)C. The summed E-state index contributed by atoms with van der Waals surface area (Å²) in [5.41, 5.74) is 3.32. The van der Waals surface area contributed by atoms with Gasteiger partial charge in [0.2, 0.25) is 12.2 Å². The van der Waals surface area contributed by atoms with Crippen molar-refractivity contribution in [3.8, 4) is 0 Å². The number of likely N-dealkylation sites (N-methyl/N-ethyl adjacent to an activating group) is 1. The highest BCUT2D eigenvalue weighted by molar-refractivity contribution is 7.99. The van der Waals surface area contributed by atoms with Crippen molar-refractivity contribution < 1.29 is 23.9 Å². The van der Waals surface area contributed by atoms with Crippen molar-refractivity contribution in [2.45, 2.75) is 67.3 Å². The predicted octanol–water partition coefficient (Wildman–Crippen LogP) is 4.99. The number of esters is 1. The van der Waals surface area contributed by atoms with E-state index in [9.17, 15) is 14.4 Å². The van der Waals surface area contributed by atoms with Crippen LogP contribution in [0.5, 0.6) is 0 Å². The molecule has 44 heavy (non-hydrogen) atoms. The van der Waals surface area contributed by atoms with E-state index in [0.717, 1.165) is 26.7 Å². The average Bonchev–Trinajstić information content (AvgIpc) is 3.44. The molecule has 2 aliphatic rings. The molecule has 2 aliphatic heterocycles. The molecule has 10 heteroatoms. The summed E-state index contributed by atoms with van der Waals surface area (Å²) in [6, 6.07) is 21.5. The Kier molecular flexibility index (Phi) is 10.2. The fourth-order valence-corrected chi connectivity index (χ4v) is 6.30. The highest BCUT2D eigenvalue weighted by Crippen LogP contribution is 2.44. The van der Waals surface area contributed by atoms with Crippen LogP contribution in [0, 0.1) is 5.92 Å². The quantitative estimate of drug-likeness (QED) is 0.203. The van der Waals surface area contributed by atoms with Gasteiger partial charge in [0.15, 0.2) is 0 Å². The second-order valence-electron chi connectivity index (χ2n) is 11.8. The van der Waals surface area contributed by atoms with E-state index in [1.54, 1.807) is 17.8 Å². The molecule has 3 N–H and O–H groups in total. The molecular formula is C34H40N4O5S. The van der Waals surface area contributed by atoms with Gasteiger partial charge in [-0.25, -0.2) is 0 Å². The van der Waals surface area contributed by atoms with Crippen molar-refractivity contribution in [1.82, 2.24) is 15.5 Å². The van der Waals surface area contributed by atoms with Crippen LogP contribution < -0.4 is 16.0 Å². The first-order chi connectivity index (χ1) is 21.2. The molecule has 0 radical (unpaired) electrons. The topological polar surface area (TPSA) is 109 Å². The standard InChI is InChI=1S/C34H40N4O5S/c1-21(2)18-27(37-31(39)23-14-15-30-26(20-23)35-24-12-8-9-13-29(24)44-30)32(40)36-25-16-17-42-34(25)43-33(41)28(38(3)4)19-22-10-6-5-7-11-22/h5-15,20-21,25,27-28,34-35H,16-19H2,1-4H3,(H,36,40)(H,37,39)/t25-,27-,28-,34?/m0/s1. The Morgan fingerprint density at radius 2 is 1.73 bits per heavy atom. The van der Waals surface area contributed by atoms with Crippen molar-refractivity contribution in [3.63, 3.8) is 0 Å². The van der Waals surface area contributed by atoms with Gasteiger partial charge >= 0.3 is 5.97 Å². The van der Waals surface area contributed by atoms with Gasteiger partial charge < -0.3 is 25.4 Å². The Balaban J connectivity index is 1.22. The van der Waals surface area contributed by atoms with Crippen LogP contribution in [0.25, 0.3) is 0 Å². The van der Waals surface area contributed by atoms with Gasteiger partial charge in [0.1, 0.15) is 12.1 Å². The number of nitrogens with one attached hydrogen (secondary N) is 3. The lowest BCUT2D eigenvalue weighted by Crippen LogP contribution is -2.53. The Hall–Kier alpha value is -3.86. The number of ether oxygens (including phenoxy) is 2. The zero-order valence-corrected chi connectivity index (χ0v) is 26.4. The first-order valence-corrected chi connectivity index (χ1v) is 15.8. The Labute approximate surface area is 263 Å². The molecular weight excluding hydrogens is 576 g/mol. The molecule has 232 valence electrons. The number of carbonyl (C=O) groups excluding carboxylic acids is 3. The van der Waals surface area contributed by atoms with Gasteiger partial charge in [-0.15, -0.1) is 0 Å². The van der Waals surface area contributed by atoms with E-state index in [1.807, 2.05) is 93.5 Å². The molecule has 0 saturated carbocycles. The number of carbonyl (C=O) groups is 3. The molecule has 1 saturated heterocycles. The lowest BCUT2D eigenvalue weighted by Gasteiger charge is -2.27. The van der Waals surface area contributed by atoms with Crippen molar-refractivity contribution in [3.05, 3.63) is 83.9 Å². The van der Waals surface area contributed by atoms with Crippen LogP contribution in [0.1, 0.15) is 42.6 Å². The Morgan fingerprint density at radius 1 is 1.00 bits per heavy atom. The summed E-state index contributed by atoms with van der Waals surface area (Å²) in [5, 5.41) is 9.33. The number of hydrogen-bond donors (Lipinski definition) is 3. The number of hydrogen-bond acceptors (Lipinski definition) is 8. The van der Waals surface area contributed by atoms with Crippen molar-refractivity contribution in [2.75, 3.05) is 26.0 Å². The van der Waals surface area contributed by atoms with Crippen molar-refractivity contribution >= 4 is 40.9 Å². The maximum Gasteiger partial charge on any atom is 0.326 e. The molecule has 3 aromatic rings. The van der Waals surface area contributed by atoms with Gasteiger partial charge in [0.25, 0.3) is 5.91 Å². The van der Waals surface area contributed by atoms with E-state index >= 15 is 0 Å². The number of nitrogens with zero attached hydrogens (tertiary/aromatic N) is 1. The maximum atomic E-state index is 13.5. The zero-order chi connectivity index (χ0) is 31.2. The molecule has 1 fully saturated rings. The van der Waals surface area contributed by atoms with Crippen LogP contribution in [0.2, 0.25) is 0 Å². The summed E-state index contributed by atoms with van der Waals surface area (Å²) in [6.45, 7) is 4.35. The molecule has 9 nitrogen and oxygen atoms in total. The molecule has 0 bridgehead atoms. The average molecular weight is 617 g/mol. The number of amides is 2. The lowest BCUT2D eigenvalue weighted by atomic mass is 10.0. The molecule has 3 aromatic carbocycles. The molecule has 0 aliphatic carbocycles. The fourth-order valence-electron chi connectivity index (χ4n) is 5.34. The Bertz CT molecular complexity index is 1480. The highest BCUT2D eigenvalue weighted by atomic mass is 32.2. The second kappa shape index (κ2) is 14.3. The predicted molar refractivity (Wildman–Crippen MR) is 171 cm³/mol. The van der Waals surface area contributed by atoms with E-state index < -0.39 is 30.4 Å². The number of fused-ring (bicyclic) bond motifs is 2. The number of anilines is 2. The van der Waals surface area contributed by atoms with Gasteiger partial charge in [-0.2, -0.15) is 0 Å². The monoisotopic (exact) mass is 616 g/mol. The first-order valence-electron chi connectivity index (χ1n) is 15.0. The van der Waals surface area contributed by atoms with Crippen LogP contribution in [-0.4, -0.2) is 67.8 Å². The van der Waals surface area contributed by atoms with E-state index in [4.69, 9.17) is 9.47 Å². The highest BCUT2D eigenvalue weighted by Gasteiger charge is 2.37. The molecule has 1 unspecified atom stereocenters. The van der Waals surface area contributed by atoms with Crippen molar-refractivity contribution in [2.24, 2.45) is 5.92 Å². The number of para-hydroxylation sites is 1. The van der Waals surface area contributed by atoms with E-state index in [1.165, 1.54) is 0 Å². The fraction of sp³-hybridized carbons (Fsp3) is 0.382. The third-order valence-electron chi connectivity index (χ3n) is 7.71. The summed E-state index contributed by atoms with van der Waals surface area (Å²) in [5.74, 6) is -0.937. The summed E-state index contributed by atoms with van der Waals surface area (Å²) in [4.78, 5) is 44.1. The van der Waals surface area contributed by atoms with Gasteiger partial charge in [0, 0.05) is 15.4 Å². The summed E-state index contributed by atoms with van der Waals surface area (Å²) in [6.07, 6.45) is 0.518. The largest absolute Gasteiger partial charge is 0.432 e. The summed E-state index contributed by atoms with van der Waals surface area (Å²) >= 11 is 1.65. The Morgan fingerprint density at radius 3 is 2.48 bits per heavy atom. The van der Waals surface area contributed by atoms with Crippen molar-refractivity contribution in [1.29, 1.82) is 0 Å². The third kappa shape index (κ3) is 7.80. The maximum absolute atomic E-state index is 13.5. The molecule has 2 heterocycles. The number of rotatable bonds is 11. The van der Waals surface area contributed by atoms with Crippen LogP contribution in [0.15, 0.2) is 82.6 Å². The third-order valence-corrected chi connectivity index (χ3v) is 8.87. The van der Waals surface area contributed by atoms with Gasteiger partial charge in [-0.05, 0) is 75.2 Å². The molecule has 0 aromatic heterocycles. The van der Waals surface area contributed by atoms with Crippen LogP contribution in [-0.2, 0) is 25.5 Å². The smallest absolute Gasteiger partial charge is 0.326 e. The second-order valence-corrected chi connectivity index (χ2v) is 12.9. The van der Waals surface area contributed by atoms with E-state index in [2.05, 4.69) is 22.0 Å². The molecule has 5 rings (SSSR count). The molecule has 2 amide bonds. The molecule has 0 spiro atoms. The van der Waals surface area contributed by atoms with Crippen LogP contribution in [0.4, 0.5) is 11.4 Å². The lowest BCUT2D eigenvalue weighted by molar-refractivity contribution is -0.178. The summed E-state index contributed by atoms with van der Waals surface area (Å²) in [7, 11) is 3.67. The molecule has 4 atom stereocenters. The normalized spacial score (nSPS) is 18.5. The van der Waals surface area contributed by atoms with Gasteiger partial charge in [-0.1, -0.05) is 68.1 Å². The van der Waals surface area contributed by atoms with Gasteiger partial charge in [0.05, 0.1) is 24.0 Å². The van der Waals surface area contributed by atoms with Crippen LogP contribution >= 0.6 is 11.8 Å². The minimum absolute atomic E-state index is 0.149. The minimum atomic E-state index is -0.910. The zero-order valence-electron chi connectivity index (χ0n) is 25.5. The number of benzene rings is 3. The van der Waals surface area contributed by atoms with Gasteiger partial charge in [-0.3, -0.25) is 19.3 Å². The minimum Gasteiger partial charge on any atom is -0.432 e.